The maximum atomic E-state index is 12.7. The van der Waals surface area contributed by atoms with Gasteiger partial charge in [-0.2, -0.15) is 0 Å². The van der Waals surface area contributed by atoms with E-state index in [0.29, 0.717) is 31.0 Å². The van der Waals surface area contributed by atoms with Crippen molar-refractivity contribution in [1.82, 2.24) is 4.90 Å². The Balaban J connectivity index is 1.65. The molecule has 1 aliphatic heterocycles. The molecule has 2 aromatic carbocycles. The van der Waals surface area contributed by atoms with Crippen LogP contribution in [0.25, 0.3) is 0 Å². The van der Waals surface area contributed by atoms with E-state index >= 15 is 0 Å². The molecular weight excluding hydrogens is 320 g/mol. The Labute approximate surface area is 146 Å². The van der Waals surface area contributed by atoms with Crippen LogP contribution in [-0.2, 0) is 9.53 Å². The molecule has 1 unspecified atom stereocenters. The van der Waals surface area contributed by atoms with Crippen LogP contribution in [0, 0.1) is 0 Å². The molecule has 3 rings (SSSR count). The molecule has 2 amide bonds. The van der Waals surface area contributed by atoms with E-state index in [1.807, 2.05) is 30.3 Å². The number of benzene rings is 2. The first-order valence-electron chi connectivity index (χ1n) is 8.10. The highest BCUT2D eigenvalue weighted by atomic mass is 16.5. The lowest BCUT2D eigenvalue weighted by Crippen LogP contribution is -2.42. The van der Waals surface area contributed by atoms with Crippen molar-refractivity contribution in [3.05, 3.63) is 65.7 Å². The van der Waals surface area contributed by atoms with E-state index in [4.69, 9.17) is 15.2 Å². The minimum absolute atomic E-state index is 0.0503. The molecule has 0 radical (unpaired) electrons. The lowest BCUT2D eigenvalue weighted by molar-refractivity contribution is -0.119. The highest BCUT2D eigenvalue weighted by Crippen LogP contribution is 2.23. The third kappa shape index (κ3) is 4.36. The normalized spacial score (nSPS) is 17.1. The minimum atomic E-state index is -0.541. The molecule has 130 valence electrons. The van der Waals surface area contributed by atoms with Gasteiger partial charge >= 0.3 is 0 Å². The van der Waals surface area contributed by atoms with E-state index in [1.54, 1.807) is 29.2 Å². The second kappa shape index (κ2) is 7.81. The van der Waals surface area contributed by atoms with Gasteiger partial charge in [0.15, 0.2) is 6.61 Å². The van der Waals surface area contributed by atoms with Crippen LogP contribution in [0.3, 0.4) is 0 Å². The maximum absolute atomic E-state index is 12.7. The zero-order chi connectivity index (χ0) is 17.6. The predicted molar refractivity (Wildman–Crippen MR) is 92.2 cm³/mol. The Morgan fingerprint density at radius 2 is 1.84 bits per heavy atom. The Bertz CT molecular complexity index is 731. The quantitative estimate of drug-likeness (QED) is 0.899. The van der Waals surface area contributed by atoms with Gasteiger partial charge in [-0.1, -0.05) is 30.3 Å². The summed E-state index contributed by atoms with van der Waals surface area (Å²) in [4.78, 5) is 25.2. The Kier molecular flexibility index (Phi) is 5.30. The van der Waals surface area contributed by atoms with Crippen LogP contribution in [0.1, 0.15) is 22.0 Å². The molecule has 25 heavy (non-hydrogen) atoms. The number of ether oxygens (including phenoxy) is 2. The molecule has 1 saturated heterocycles. The second-order valence-electron chi connectivity index (χ2n) is 5.80. The molecule has 0 saturated carbocycles. The van der Waals surface area contributed by atoms with Crippen molar-refractivity contribution >= 4 is 11.8 Å². The summed E-state index contributed by atoms with van der Waals surface area (Å²) in [6, 6.07) is 16.6. The first-order valence-corrected chi connectivity index (χ1v) is 8.10. The van der Waals surface area contributed by atoms with E-state index in [2.05, 4.69) is 0 Å². The van der Waals surface area contributed by atoms with Crippen molar-refractivity contribution in [3.63, 3.8) is 0 Å². The van der Waals surface area contributed by atoms with Gasteiger partial charge in [-0.3, -0.25) is 9.59 Å². The van der Waals surface area contributed by atoms with Gasteiger partial charge in [0.2, 0.25) is 0 Å². The highest BCUT2D eigenvalue weighted by Gasteiger charge is 2.26. The third-order valence-electron chi connectivity index (χ3n) is 4.01. The minimum Gasteiger partial charge on any atom is -0.484 e. The lowest BCUT2D eigenvalue weighted by atomic mass is 10.1. The number of primary amides is 1. The molecule has 1 fully saturated rings. The fourth-order valence-electron chi connectivity index (χ4n) is 2.73. The average Bonchev–Trinajstić information content (AvgIpc) is 2.67. The van der Waals surface area contributed by atoms with E-state index in [9.17, 15) is 9.59 Å². The SMILES string of the molecule is NC(=O)COc1ccc(C(=O)N2CCOC(c3ccccc3)C2)cc1. The molecule has 0 aliphatic carbocycles. The number of carbonyl (C=O) groups excluding carboxylic acids is 2. The summed E-state index contributed by atoms with van der Waals surface area (Å²) in [6.45, 7) is 1.39. The first kappa shape index (κ1) is 17.0. The van der Waals surface area contributed by atoms with Crippen LogP contribution < -0.4 is 10.5 Å². The molecule has 0 aromatic heterocycles. The lowest BCUT2D eigenvalue weighted by Gasteiger charge is -2.33. The van der Waals surface area contributed by atoms with Gasteiger partial charge in [-0.25, -0.2) is 0 Å². The van der Waals surface area contributed by atoms with E-state index in [0.717, 1.165) is 5.56 Å². The van der Waals surface area contributed by atoms with Crippen molar-refractivity contribution in [2.75, 3.05) is 26.3 Å². The monoisotopic (exact) mass is 340 g/mol. The average molecular weight is 340 g/mol. The van der Waals surface area contributed by atoms with Crippen molar-refractivity contribution in [2.24, 2.45) is 5.73 Å². The molecular formula is C19H20N2O4. The summed E-state index contributed by atoms with van der Waals surface area (Å²) in [5.74, 6) is -0.0920. The standard InChI is InChI=1S/C19H20N2O4/c20-18(22)13-25-16-8-6-15(7-9-16)19(23)21-10-11-24-17(12-21)14-4-2-1-3-5-14/h1-9,17H,10-13H2,(H2,20,22). The molecule has 2 N–H and O–H groups in total. The Morgan fingerprint density at radius 3 is 2.52 bits per heavy atom. The number of carbonyl (C=O) groups is 2. The van der Waals surface area contributed by atoms with Gasteiger partial charge in [0.25, 0.3) is 11.8 Å². The number of morpholine rings is 1. The Morgan fingerprint density at radius 1 is 1.12 bits per heavy atom. The summed E-state index contributed by atoms with van der Waals surface area (Å²) in [7, 11) is 0. The van der Waals surface area contributed by atoms with E-state index in [1.165, 1.54) is 0 Å². The zero-order valence-electron chi connectivity index (χ0n) is 13.8. The molecule has 1 heterocycles. The topological polar surface area (TPSA) is 81.9 Å². The van der Waals surface area contributed by atoms with E-state index < -0.39 is 5.91 Å². The number of nitrogens with two attached hydrogens (primary N) is 1. The van der Waals surface area contributed by atoms with Crippen molar-refractivity contribution < 1.29 is 19.1 Å². The molecule has 6 heteroatoms. The summed E-state index contributed by atoms with van der Waals surface area (Å²) in [5.41, 5.74) is 6.67. The molecule has 1 aliphatic rings. The number of nitrogens with zero attached hydrogens (tertiary/aromatic N) is 1. The smallest absolute Gasteiger partial charge is 0.255 e. The van der Waals surface area contributed by atoms with Crippen LogP contribution >= 0.6 is 0 Å². The van der Waals surface area contributed by atoms with E-state index in [-0.39, 0.29) is 18.6 Å². The van der Waals surface area contributed by atoms with Crippen molar-refractivity contribution in [2.45, 2.75) is 6.10 Å². The zero-order valence-corrected chi connectivity index (χ0v) is 13.8. The number of amides is 2. The van der Waals surface area contributed by atoms with Crippen molar-refractivity contribution in [3.8, 4) is 5.75 Å². The van der Waals surface area contributed by atoms with Gasteiger partial charge < -0.3 is 20.1 Å². The van der Waals surface area contributed by atoms with Gasteiger partial charge in [0.1, 0.15) is 11.9 Å². The van der Waals surface area contributed by atoms with Gasteiger partial charge in [0.05, 0.1) is 13.2 Å². The summed E-state index contributed by atoms with van der Waals surface area (Å²) in [6.07, 6.45) is -0.114. The molecule has 2 aromatic rings. The number of hydrogen-bond acceptors (Lipinski definition) is 4. The van der Waals surface area contributed by atoms with Crippen LogP contribution in [-0.4, -0.2) is 43.0 Å². The van der Waals surface area contributed by atoms with Crippen LogP contribution in [0.5, 0.6) is 5.75 Å². The van der Waals surface area contributed by atoms with Gasteiger partial charge in [0, 0.05) is 12.1 Å². The maximum Gasteiger partial charge on any atom is 0.255 e. The largest absolute Gasteiger partial charge is 0.484 e. The third-order valence-corrected chi connectivity index (χ3v) is 4.01. The predicted octanol–water partition coefficient (Wildman–Crippen LogP) is 1.76. The molecule has 0 bridgehead atoms. The first-order chi connectivity index (χ1) is 12.1. The van der Waals surface area contributed by atoms with Crippen molar-refractivity contribution in [1.29, 1.82) is 0 Å². The molecule has 1 atom stereocenters. The summed E-state index contributed by atoms with van der Waals surface area (Å²) in [5, 5.41) is 0. The summed E-state index contributed by atoms with van der Waals surface area (Å²) < 4.78 is 11.0. The number of rotatable bonds is 5. The van der Waals surface area contributed by atoms with Crippen LogP contribution in [0.4, 0.5) is 0 Å². The number of hydrogen-bond donors (Lipinski definition) is 1. The molecule has 0 spiro atoms. The summed E-state index contributed by atoms with van der Waals surface area (Å²) >= 11 is 0. The Hall–Kier alpha value is -2.86. The van der Waals surface area contributed by atoms with Gasteiger partial charge in [-0.05, 0) is 29.8 Å². The fourth-order valence-corrected chi connectivity index (χ4v) is 2.73. The molecule has 6 nitrogen and oxygen atoms in total. The van der Waals surface area contributed by atoms with Gasteiger partial charge in [-0.15, -0.1) is 0 Å². The van der Waals surface area contributed by atoms with Crippen LogP contribution in [0.15, 0.2) is 54.6 Å². The second-order valence-corrected chi connectivity index (χ2v) is 5.80. The fraction of sp³-hybridized carbons (Fsp3) is 0.263. The highest BCUT2D eigenvalue weighted by molar-refractivity contribution is 5.94. The van der Waals surface area contributed by atoms with Crippen LogP contribution in [0.2, 0.25) is 0 Å².